The van der Waals surface area contributed by atoms with Crippen molar-refractivity contribution in [3.8, 4) is 0 Å². The highest BCUT2D eigenvalue weighted by Gasteiger charge is 2.22. The molecule has 1 saturated heterocycles. The Bertz CT molecular complexity index is 568. The normalized spacial score (nSPS) is 19.8. The molecular formula is C14H24N4O2S. The van der Waals surface area contributed by atoms with Crippen molar-refractivity contribution < 1.29 is 8.42 Å². The van der Waals surface area contributed by atoms with Gasteiger partial charge < -0.3 is 4.90 Å². The Morgan fingerprint density at radius 3 is 2.62 bits per heavy atom. The second kappa shape index (κ2) is 6.70. The van der Waals surface area contributed by atoms with Crippen LogP contribution in [0.1, 0.15) is 30.7 Å². The van der Waals surface area contributed by atoms with Gasteiger partial charge in [0.25, 0.3) is 0 Å². The van der Waals surface area contributed by atoms with Gasteiger partial charge in [0.1, 0.15) is 0 Å². The molecule has 0 bridgehead atoms. The molecule has 1 aromatic rings. The van der Waals surface area contributed by atoms with Gasteiger partial charge in [0, 0.05) is 31.0 Å². The number of sulfonamides is 1. The Balaban J connectivity index is 1.94. The third kappa shape index (κ3) is 5.24. The van der Waals surface area contributed by atoms with Crippen LogP contribution >= 0.6 is 0 Å². The second-order valence-corrected chi connectivity index (χ2v) is 7.69. The Labute approximate surface area is 127 Å². The Morgan fingerprint density at radius 2 is 2.00 bits per heavy atom. The zero-order chi connectivity index (χ0) is 15.5. The fourth-order valence-electron chi connectivity index (χ4n) is 2.78. The number of nitrogens with zero attached hydrogens (tertiary/aromatic N) is 3. The molecule has 1 aliphatic heterocycles. The third-order valence-electron chi connectivity index (χ3n) is 3.69. The number of hydrogen-bond acceptors (Lipinski definition) is 5. The van der Waals surface area contributed by atoms with Crippen LogP contribution in [0.2, 0.25) is 0 Å². The van der Waals surface area contributed by atoms with Crippen LogP contribution in [0, 0.1) is 19.8 Å². The van der Waals surface area contributed by atoms with Crippen LogP contribution in [0.5, 0.6) is 0 Å². The van der Waals surface area contributed by atoms with Crippen molar-refractivity contribution in [1.29, 1.82) is 0 Å². The highest BCUT2D eigenvalue weighted by Crippen LogP contribution is 2.22. The Kier molecular flexibility index (Phi) is 5.16. The van der Waals surface area contributed by atoms with Gasteiger partial charge in [0.2, 0.25) is 16.0 Å². The van der Waals surface area contributed by atoms with E-state index in [0.29, 0.717) is 12.5 Å². The first-order valence-corrected chi connectivity index (χ1v) is 9.24. The van der Waals surface area contributed by atoms with Crippen LogP contribution in [-0.4, -0.2) is 44.3 Å². The smallest absolute Gasteiger partial charge is 0.225 e. The molecular weight excluding hydrogens is 288 g/mol. The zero-order valence-electron chi connectivity index (χ0n) is 13.0. The van der Waals surface area contributed by atoms with Crippen molar-refractivity contribution in [1.82, 2.24) is 14.7 Å². The van der Waals surface area contributed by atoms with Gasteiger partial charge in [-0.1, -0.05) is 0 Å². The summed E-state index contributed by atoms with van der Waals surface area (Å²) in [4.78, 5) is 11.2. The monoisotopic (exact) mass is 312 g/mol. The molecule has 6 nitrogen and oxygen atoms in total. The Morgan fingerprint density at radius 1 is 1.33 bits per heavy atom. The molecule has 0 spiro atoms. The first-order chi connectivity index (χ1) is 9.83. The summed E-state index contributed by atoms with van der Waals surface area (Å²) in [5.41, 5.74) is 1.97. The average molecular weight is 312 g/mol. The van der Waals surface area contributed by atoms with Crippen LogP contribution in [-0.2, 0) is 10.0 Å². The van der Waals surface area contributed by atoms with Gasteiger partial charge in [-0.25, -0.2) is 23.1 Å². The van der Waals surface area contributed by atoms with E-state index in [4.69, 9.17) is 0 Å². The fraction of sp³-hybridized carbons (Fsp3) is 0.714. The van der Waals surface area contributed by atoms with E-state index in [9.17, 15) is 8.42 Å². The van der Waals surface area contributed by atoms with Gasteiger partial charge in [-0.2, -0.15) is 0 Å². The lowest BCUT2D eigenvalue weighted by atomic mass is 9.95. The van der Waals surface area contributed by atoms with Crippen molar-refractivity contribution in [3.05, 3.63) is 17.5 Å². The van der Waals surface area contributed by atoms with E-state index in [1.54, 1.807) is 0 Å². The van der Waals surface area contributed by atoms with Gasteiger partial charge in [-0.15, -0.1) is 0 Å². The lowest BCUT2D eigenvalue weighted by molar-refractivity contribution is 0.388. The summed E-state index contributed by atoms with van der Waals surface area (Å²) in [6.45, 7) is 6.34. The molecule has 118 valence electrons. The molecule has 0 saturated carbocycles. The largest absolute Gasteiger partial charge is 0.341 e. The van der Waals surface area contributed by atoms with Gasteiger partial charge >= 0.3 is 0 Å². The highest BCUT2D eigenvalue weighted by molar-refractivity contribution is 7.88. The number of aryl methyl sites for hydroxylation is 2. The van der Waals surface area contributed by atoms with Crippen LogP contribution in [0.25, 0.3) is 0 Å². The van der Waals surface area contributed by atoms with E-state index in [1.807, 2.05) is 19.9 Å². The summed E-state index contributed by atoms with van der Waals surface area (Å²) in [5.74, 6) is 1.28. The fourth-order valence-corrected chi connectivity index (χ4v) is 3.27. The minimum Gasteiger partial charge on any atom is -0.341 e. The van der Waals surface area contributed by atoms with E-state index in [-0.39, 0.29) is 0 Å². The molecule has 0 radical (unpaired) electrons. The molecule has 1 aliphatic rings. The quantitative estimate of drug-likeness (QED) is 0.885. The van der Waals surface area contributed by atoms with Crippen molar-refractivity contribution in [3.63, 3.8) is 0 Å². The number of piperidine rings is 1. The summed E-state index contributed by atoms with van der Waals surface area (Å²) in [5, 5.41) is 0. The van der Waals surface area contributed by atoms with Crippen LogP contribution < -0.4 is 9.62 Å². The molecule has 21 heavy (non-hydrogen) atoms. The van der Waals surface area contributed by atoms with Gasteiger partial charge in [-0.3, -0.25) is 0 Å². The third-order valence-corrected chi connectivity index (χ3v) is 4.42. The predicted molar refractivity (Wildman–Crippen MR) is 83.9 cm³/mol. The molecule has 1 fully saturated rings. The standard InChI is InChI=1S/C14H24N4O2S/c1-11-9-12(2)17-14(16-11)18-8-4-5-13(10-18)6-7-15-21(3,19)20/h9,13,15H,4-8,10H2,1-3H3/t13-/m0/s1. The topological polar surface area (TPSA) is 75.2 Å². The van der Waals surface area contributed by atoms with Crippen LogP contribution in [0.4, 0.5) is 5.95 Å². The number of anilines is 1. The van der Waals surface area contributed by atoms with Gasteiger partial charge in [-0.05, 0) is 45.1 Å². The molecule has 0 amide bonds. The maximum atomic E-state index is 11.1. The number of rotatable bonds is 5. The molecule has 1 N–H and O–H groups in total. The summed E-state index contributed by atoms with van der Waals surface area (Å²) < 4.78 is 24.7. The van der Waals surface area contributed by atoms with Crippen LogP contribution in [0.3, 0.4) is 0 Å². The van der Waals surface area contributed by atoms with E-state index < -0.39 is 10.0 Å². The van der Waals surface area contributed by atoms with Crippen molar-refractivity contribution in [2.75, 3.05) is 30.8 Å². The van der Waals surface area contributed by atoms with Gasteiger partial charge in [0.05, 0.1) is 6.26 Å². The SMILES string of the molecule is Cc1cc(C)nc(N2CCC[C@@H](CCNS(C)(=O)=O)C2)n1. The molecule has 0 unspecified atom stereocenters. The highest BCUT2D eigenvalue weighted by atomic mass is 32.2. The maximum Gasteiger partial charge on any atom is 0.225 e. The summed E-state index contributed by atoms with van der Waals surface area (Å²) in [6.07, 6.45) is 4.28. The molecule has 2 rings (SSSR count). The maximum absolute atomic E-state index is 11.1. The van der Waals surface area contributed by atoms with E-state index >= 15 is 0 Å². The molecule has 1 atom stereocenters. The molecule has 1 aromatic heterocycles. The van der Waals surface area contributed by atoms with Crippen molar-refractivity contribution in [2.45, 2.75) is 33.1 Å². The zero-order valence-corrected chi connectivity index (χ0v) is 13.8. The number of hydrogen-bond donors (Lipinski definition) is 1. The number of nitrogens with one attached hydrogen (secondary N) is 1. The molecule has 0 aliphatic carbocycles. The molecule has 2 heterocycles. The van der Waals surface area contributed by atoms with Crippen molar-refractivity contribution in [2.24, 2.45) is 5.92 Å². The second-order valence-electron chi connectivity index (χ2n) is 5.86. The first-order valence-electron chi connectivity index (χ1n) is 7.35. The molecule has 7 heteroatoms. The van der Waals surface area contributed by atoms with Crippen LogP contribution in [0.15, 0.2) is 6.07 Å². The average Bonchev–Trinajstić information content (AvgIpc) is 2.36. The first kappa shape index (κ1) is 16.2. The summed E-state index contributed by atoms with van der Waals surface area (Å²) in [7, 11) is -3.09. The minimum absolute atomic E-state index is 0.484. The lowest BCUT2D eigenvalue weighted by Crippen LogP contribution is -2.38. The summed E-state index contributed by atoms with van der Waals surface area (Å²) >= 11 is 0. The summed E-state index contributed by atoms with van der Waals surface area (Å²) in [6, 6.07) is 1.97. The van der Waals surface area contributed by atoms with Crippen molar-refractivity contribution >= 4 is 16.0 Å². The minimum atomic E-state index is -3.09. The Hall–Kier alpha value is -1.21. The van der Waals surface area contributed by atoms with Gasteiger partial charge in [0.15, 0.2) is 0 Å². The number of aromatic nitrogens is 2. The van der Waals surface area contributed by atoms with E-state index in [1.165, 1.54) is 6.26 Å². The molecule has 0 aromatic carbocycles. The lowest BCUT2D eigenvalue weighted by Gasteiger charge is -2.33. The van der Waals surface area contributed by atoms with E-state index in [2.05, 4.69) is 19.6 Å². The predicted octanol–water partition coefficient (Wildman–Crippen LogP) is 1.25. The van der Waals surface area contributed by atoms with E-state index in [0.717, 1.165) is 49.7 Å².